The molecule has 24 heavy (non-hydrogen) atoms. The van der Waals surface area contributed by atoms with Crippen molar-refractivity contribution in [2.75, 3.05) is 13.2 Å². The molecule has 0 radical (unpaired) electrons. The van der Waals surface area contributed by atoms with Crippen LogP contribution in [-0.2, 0) is 16.0 Å². The van der Waals surface area contributed by atoms with Crippen molar-refractivity contribution in [2.45, 2.75) is 51.6 Å². The molecule has 2 N–H and O–H groups in total. The van der Waals surface area contributed by atoms with Gasteiger partial charge in [0.2, 0.25) is 5.91 Å². The summed E-state index contributed by atoms with van der Waals surface area (Å²) in [4.78, 5) is 23.0. The third-order valence-corrected chi connectivity index (χ3v) is 4.66. The number of aryl methyl sites for hydroxylation is 1. The van der Waals surface area contributed by atoms with Crippen LogP contribution in [0, 0.1) is 5.92 Å². The highest BCUT2D eigenvalue weighted by Crippen LogP contribution is 2.25. The van der Waals surface area contributed by atoms with Gasteiger partial charge in [-0.05, 0) is 36.8 Å². The zero-order chi connectivity index (χ0) is 17.4. The summed E-state index contributed by atoms with van der Waals surface area (Å²) < 4.78 is 5.87. The Morgan fingerprint density at radius 3 is 2.75 bits per heavy atom. The van der Waals surface area contributed by atoms with Gasteiger partial charge in [-0.2, -0.15) is 0 Å². The van der Waals surface area contributed by atoms with E-state index in [1.165, 1.54) is 19.3 Å². The second-order valence-corrected chi connectivity index (χ2v) is 6.48. The van der Waals surface area contributed by atoms with Crippen molar-refractivity contribution >= 4 is 11.9 Å². The first kappa shape index (κ1) is 18.5. The van der Waals surface area contributed by atoms with Crippen molar-refractivity contribution in [2.24, 2.45) is 5.92 Å². The quantitative estimate of drug-likeness (QED) is 0.717. The lowest BCUT2D eigenvalue weighted by Gasteiger charge is -2.28. The molecule has 0 aromatic heterocycles. The summed E-state index contributed by atoms with van der Waals surface area (Å²) in [5, 5.41) is 12.0. The smallest absolute Gasteiger partial charge is 0.335 e. The molecule has 1 fully saturated rings. The van der Waals surface area contributed by atoms with Crippen LogP contribution in [-0.4, -0.2) is 36.2 Å². The van der Waals surface area contributed by atoms with Gasteiger partial charge in [-0.25, -0.2) is 4.79 Å². The molecule has 132 valence electrons. The van der Waals surface area contributed by atoms with Crippen LogP contribution in [0.4, 0.5) is 0 Å². The molecule has 2 unspecified atom stereocenters. The zero-order valence-electron chi connectivity index (χ0n) is 14.3. The van der Waals surface area contributed by atoms with E-state index in [0.29, 0.717) is 37.2 Å². The molecule has 0 heterocycles. The van der Waals surface area contributed by atoms with Crippen molar-refractivity contribution in [3.05, 3.63) is 35.4 Å². The Kier molecular flexibility index (Phi) is 7.25. The lowest BCUT2D eigenvalue weighted by molar-refractivity contribution is -0.121. The van der Waals surface area contributed by atoms with Gasteiger partial charge < -0.3 is 15.2 Å². The van der Waals surface area contributed by atoms with Crippen LogP contribution in [0.2, 0.25) is 0 Å². The molecule has 1 aliphatic rings. The molecule has 1 amide bonds. The standard InChI is InChI=1S/C19H27NO4/c1-14-6-2-5-9-17(14)24-13-12-20-18(21)11-10-15-7-3-4-8-16(15)19(22)23/h3-4,7-8,14,17H,2,5-6,9-13H2,1H3,(H,20,21)(H,22,23). The van der Waals surface area contributed by atoms with Crippen molar-refractivity contribution in [3.8, 4) is 0 Å². The van der Waals surface area contributed by atoms with Crippen LogP contribution in [0.1, 0.15) is 54.9 Å². The summed E-state index contributed by atoms with van der Waals surface area (Å²) in [6, 6.07) is 6.80. The number of benzene rings is 1. The Morgan fingerprint density at radius 1 is 1.25 bits per heavy atom. The van der Waals surface area contributed by atoms with Gasteiger partial charge in [-0.1, -0.05) is 38.0 Å². The molecule has 0 bridgehead atoms. The third-order valence-electron chi connectivity index (χ3n) is 4.66. The molecular formula is C19H27NO4. The fourth-order valence-electron chi connectivity index (χ4n) is 3.21. The molecule has 1 aromatic rings. The first-order valence-corrected chi connectivity index (χ1v) is 8.77. The van der Waals surface area contributed by atoms with Crippen molar-refractivity contribution in [1.29, 1.82) is 0 Å². The van der Waals surface area contributed by atoms with Crippen molar-refractivity contribution in [3.63, 3.8) is 0 Å². The van der Waals surface area contributed by atoms with Crippen molar-refractivity contribution < 1.29 is 19.4 Å². The molecule has 0 saturated heterocycles. The van der Waals surface area contributed by atoms with E-state index in [-0.39, 0.29) is 17.9 Å². The van der Waals surface area contributed by atoms with E-state index < -0.39 is 5.97 Å². The number of carbonyl (C=O) groups excluding carboxylic acids is 1. The fraction of sp³-hybridized carbons (Fsp3) is 0.579. The largest absolute Gasteiger partial charge is 0.478 e. The van der Waals surface area contributed by atoms with E-state index in [9.17, 15) is 9.59 Å². The molecule has 5 heteroatoms. The van der Waals surface area contributed by atoms with Crippen LogP contribution in [0.15, 0.2) is 24.3 Å². The predicted molar refractivity (Wildman–Crippen MR) is 92.1 cm³/mol. The van der Waals surface area contributed by atoms with E-state index in [2.05, 4.69) is 12.2 Å². The number of carboxylic acids is 1. The Bertz CT molecular complexity index is 558. The number of ether oxygens (including phenoxy) is 1. The lowest BCUT2D eigenvalue weighted by atomic mass is 9.88. The van der Waals surface area contributed by atoms with Crippen LogP contribution in [0.5, 0.6) is 0 Å². The Balaban J connectivity index is 1.66. The maximum Gasteiger partial charge on any atom is 0.335 e. The molecule has 1 aliphatic carbocycles. The molecule has 0 aliphatic heterocycles. The van der Waals surface area contributed by atoms with Gasteiger partial charge in [0.25, 0.3) is 0 Å². The minimum atomic E-state index is -0.957. The van der Waals surface area contributed by atoms with Crippen molar-refractivity contribution in [1.82, 2.24) is 5.32 Å². The number of hydrogen-bond donors (Lipinski definition) is 2. The topological polar surface area (TPSA) is 75.6 Å². The number of nitrogens with one attached hydrogen (secondary N) is 1. The highest BCUT2D eigenvalue weighted by Gasteiger charge is 2.21. The van der Waals surface area contributed by atoms with Crippen LogP contribution in [0.25, 0.3) is 0 Å². The van der Waals surface area contributed by atoms with E-state index >= 15 is 0 Å². The SMILES string of the molecule is CC1CCCCC1OCCNC(=O)CCc1ccccc1C(=O)O. The summed E-state index contributed by atoms with van der Waals surface area (Å²) in [6.45, 7) is 3.26. The Morgan fingerprint density at radius 2 is 2.00 bits per heavy atom. The van der Waals surface area contributed by atoms with E-state index in [1.54, 1.807) is 24.3 Å². The van der Waals surface area contributed by atoms with Gasteiger partial charge in [0.1, 0.15) is 0 Å². The van der Waals surface area contributed by atoms with E-state index in [0.717, 1.165) is 6.42 Å². The monoisotopic (exact) mass is 333 g/mol. The molecule has 0 spiro atoms. The summed E-state index contributed by atoms with van der Waals surface area (Å²) in [5.41, 5.74) is 0.951. The summed E-state index contributed by atoms with van der Waals surface area (Å²) in [6.07, 6.45) is 5.87. The highest BCUT2D eigenvalue weighted by molar-refractivity contribution is 5.89. The second kappa shape index (κ2) is 9.42. The average Bonchev–Trinajstić information content (AvgIpc) is 2.58. The molecular weight excluding hydrogens is 306 g/mol. The second-order valence-electron chi connectivity index (χ2n) is 6.48. The number of carbonyl (C=O) groups is 2. The Labute approximate surface area is 143 Å². The van der Waals surface area contributed by atoms with Gasteiger partial charge >= 0.3 is 5.97 Å². The van der Waals surface area contributed by atoms with Gasteiger partial charge in [-0.3, -0.25) is 4.79 Å². The Hall–Kier alpha value is -1.88. The fourth-order valence-corrected chi connectivity index (χ4v) is 3.21. The predicted octanol–water partition coefficient (Wildman–Crippen LogP) is 3.03. The number of hydrogen-bond acceptors (Lipinski definition) is 3. The molecule has 2 rings (SSSR count). The van der Waals surface area contributed by atoms with Gasteiger partial charge in [0.15, 0.2) is 0 Å². The molecule has 5 nitrogen and oxygen atoms in total. The molecule has 1 saturated carbocycles. The number of rotatable bonds is 8. The maximum atomic E-state index is 11.9. The van der Waals surface area contributed by atoms with Crippen LogP contribution >= 0.6 is 0 Å². The number of carboxylic acid groups (broad SMARTS) is 1. The van der Waals surface area contributed by atoms with Crippen LogP contribution in [0.3, 0.4) is 0 Å². The lowest BCUT2D eigenvalue weighted by Crippen LogP contribution is -2.32. The number of amides is 1. The summed E-state index contributed by atoms with van der Waals surface area (Å²) in [7, 11) is 0. The highest BCUT2D eigenvalue weighted by atomic mass is 16.5. The average molecular weight is 333 g/mol. The molecule has 1 aromatic carbocycles. The van der Waals surface area contributed by atoms with E-state index in [4.69, 9.17) is 9.84 Å². The first-order valence-electron chi connectivity index (χ1n) is 8.77. The van der Waals surface area contributed by atoms with E-state index in [1.807, 2.05) is 0 Å². The first-order chi connectivity index (χ1) is 11.6. The van der Waals surface area contributed by atoms with Gasteiger partial charge in [-0.15, -0.1) is 0 Å². The maximum absolute atomic E-state index is 11.9. The van der Waals surface area contributed by atoms with Gasteiger partial charge in [0.05, 0.1) is 18.3 Å². The van der Waals surface area contributed by atoms with Gasteiger partial charge in [0, 0.05) is 13.0 Å². The normalized spacial score (nSPS) is 20.5. The molecule has 2 atom stereocenters. The minimum Gasteiger partial charge on any atom is -0.478 e. The zero-order valence-corrected chi connectivity index (χ0v) is 14.3. The summed E-state index contributed by atoms with van der Waals surface area (Å²) >= 11 is 0. The summed E-state index contributed by atoms with van der Waals surface area (Å²) in [5.74, 6) is -0.432. The third kappa shape index (κ3) is 5.64. The number of aromatic carboxylic acids is 1. The van der Waals surface area contributed by atoms with Crippen LogP contribution < -0.4 is 5.32 Å². The minimum absolute atomic E-state index is 0.0736.